The lowest BCUT2D eigenvalue weighted by molar-refractivity contribution is -0.125. The van der Waals surface area contributed by atoms with Crippen LogP contribution in [0.1, 0.15) is 25.8 Å². The Kier molecular flexibility index (Phi) is 7.75. The Morgan fingerprint density at radius 1 is 1.39 bits per heavy atom. The number of thioether (sulfide) groups is 1. The number of ether oxygens (including phenoxy) is 2. The number of methoxy groups -OCH3 is 1. The van der Waals surface area contributed by atoms with E-state index in [1.165, 1.54) is 11.8 Å². The maximum atomic E-state index is 12.7. The fourth-order valence-electron chi connectivity index (χ4n) is 2.43. The van der Waals surface area contributed by atoms with Crippen LogP contribution in [0.4, 0.5) is 0 Å². The van der Waals surface area contributed by atoms with E-state index in [9.17, 15) is 4.79 Å². The van der Waals surface area contributed by atoms with Crippen LogP contribution in [-0.4, -0.2) is 41.8 Å². The molecule has 0 bridgehead atoms. The topological polar surface area (TPSA) is 60.5 Å². The van der Waals surface area contributed by atoms with Crippen molar-refractivity contribution in [2.45, 2.75) is 31.2 Å². The molecule has 5 nitrogen and oxygen atoms in total. The summed E-state index contributed by atoms with van der Waals surface area (Å²) in [7, 11) is 1.63. The molecule has 28 heavy (non-hydrogen) atoms. The Balaban J connectivity index is 2.10. The van der Waals surface area contributed by atoms with Gasteiger partial charge < -0.3 is 14.8 Å². The fourth-order valence-corrected chi connectivity index (χ4v) is 2.91. The number of amides is 1. The van der Waals surface area contributed by atoms with Gasteiger partial charge in [0.2, 0.25) is 5.44 Å². The third-order valence-corrected chi connectivity index (χ3v) is 4.50. The summed E-state index contributed by atoms with van der Waals surface area (Å²) in [6.07, 6.45) is 9.52. The number of hydrogen-bond acceptors (Lipinski definition) is 5. The van der Waals surface area contributed by atoms with Gasteiger partial charge in [-0.25, -0.2) is 0 Å². The van der Waals surface area contributed by atoms with Crippen LogP contribution in [0.2, 0.25) is 0 Å². The molecular formula is C22H24N2O3S. The van der Waals surface area contributed by atoms with Crippen LogP contribution in [0.25, 0.3) is 10.9 Å². The number of nitrogens with one attached hydrogen (secondary N) is 1. The number of terminal acetylenes is 1. The molecule has 6 heteroatoms. The summed E-state index contributed by atoms with van der Waals surface area (Å²) < 4.78 is 10.9. The van der Waals surface area contributed by atoms with Crippen LogP contribution in [0, 0.1) is 24.2 Å². The van der Waals surface area contributed by atoms with E-state index in [2.05, 4.69) is 28.1 Å². The molecule has 0 aliphatic carbocycles. The third-order valence-electron chi connectivity index (χ3n) is 3.76. The molecule has 0 aliphatic heterocycles. The molecule has 2 aromatic rings. The summed E-state index contributed by atoms with van der Waals surface area (Å²) in [6, 6.07) is 7.32. The number of carbonyl (C=O) groups is 1. The lowest BCUT2D eigenvalue weighted by atomic mass is 10.1. The molecule has 1 aromatic carbocycles. The second kappa shape index (κ2) is 10.0. The van der Waals surface area contributed by atoms with Crippen LogP contribution in [0.3, 0.4) is 0 Å². The lowest BCUT2D eigenvalue weighted by Gasteiger charge is -2.24. The van der Waals surface area contributed by atoms with E-state index >= 15 is 0 Å². The van der Waals surface area contributed by atoms with Crippen molar-refractivity contribution in [3.8, 4) is 29.9 Å². The molecule has 1 atom stereocenters. The van der Waals surface area contributed by atoms with Gasteiger partial charge in [-0.1, -0.05) is 17.8 Å². The molecule has 0 spiro atoms. The summed E-state index contributed by atoms with van der Waals surface area (Å²) >= 11 is 1.31. The molecule has 1 aromatic heterocycles. The molecule has 2 rings (SSSR count). The average molecular weight is 397 g/mol. The third kappa shape index (κ3) is 6.20. The summed E-state index contributed by atoms with van der Waals surface area (Å²) in [5.41, 5.74) is 0.125. The maximum Gasteiger partial charge on any atom is 0.272 e. The highest BCUT2D eigenvalue weighted by Crippen LogP contribution is 2.23. The van der Waals surface area contributed by atoms with Crippen LogP contribution in [0.5, 0.6) is 5.75 Å². The first-order valence-electron chi connectivity index (χ1n) is 8.75. The van der Waals surface area contributed by atoms with E-state index < -0.39 is 11.0 Å². The van der Waals surface area contributed by atoms with Crippen molar-refractivity contribution >= 4 is 28.6 Å². The van der Waals surface area contributed by atoms with Gasteiger partial charge in [0.05, 0.1) is 17.7 Å². The number of fused-ring (bicyclic) bond motifs is 1. The van der Waals surface area contributed by atoms with E-state index in [0.717, 1.165) is 10.9 Å². The molecule has 0 aliphatic rings. The number of aromatic nitrogens is 1. The molecule has 0 saturated heterocycles. The van der Waals surface area contributed by atoms with Crippen molar-refractivity contribution < 1.29 is 14.3 Å². The first-order valence-corrected chi connectivity index (χ1v) is 10.0. The minimum Gasteiger partial charge on any atom is -0.470 e. The van der Waals surface area contributed by atoms with Crippen LogP contribution >= 0.6 is 11.8 Å². The average Bonchev–Trinajstić information content (AvgIpc) is 2.68. The Morgan fingerprint density at radius 3 is 2.86 bits per heavy atom. The Hall–Kier alpha value is -2.67. The number of carbonyl (C=O) groups excluding carboxylic acids is 1. The number of pyridine rings is 1. The standard InChI is InChI=1S/C22H24N2O3S/c1-6-16-13-17-14-18(9-10-19(17)23-15-16)27-21(28-5)20(25)24-22(2,3)11-7-8-12-26-4/h1,9-10,13-15,21H,8,12H2,2-5H3,(H,24,25). The van der Waals surface area contributed by atoms with Gasteiger partial charge in [-0.05, 0) is 44.4 Å². The first-order chi connectivity index (χ1) is 13.4. The Morgan fingerprint density at radius 2 is 2.18 bits per heavy atom. The van der Waals surface area contributed by atoms with Gasteiger partial charge in [0, 0.05) is 30.7 Å². The van der Waals surface area contributed by atoms with Crippen molar-refractivity contribution in [2.24, 2.45) is 0 Å². The monoisotopic (exact) mass is 396 g/mol. The molecule has 1 heterocycles. The molecule has 0 radical (unpaired) electrons. The zero-order chi connectivity index (χ0) is 20.6. The molecule has 146 valence electrons. The number of benzene rings is 1. The first kappa shape index (κ1) is 21.6. The van der Waals surface area contributed by atoms with Crippen molar-refractivity contribution in [1.29, 1.82) is 0 Å². The van der Waals surface area contributed by atoms with Gasteiger partial charge in [0.25, 0.3) is 5.91 Å². The highest BCUT2D eigenvalue weighted by Gasteiger charge is 2.25. The SMILES string of the molecule is C#Cc1cnc2ccc(OC(SC)C(=O)NC(C)(C)C#CCCOC)cc2c1. The van der Waals surface area contributed by atoms with Crippen LogP contribution in [-0.2, 0) is 9.53 Å². The highest BCUT2D eigenvalue weighted by atomic mass is 32.2. The maximum absolute atomic E-state index is 12.7. The number of nitrogens with zero attached hydrogens (tertiary/aromatic N) is 1. The van der Waals surface area contributed by atoms with Gasteiger partial charge in [-0.3, -0.25) is 9.78 Å². The van der Waals surface area contributed by atoms with Gasteiger partial charge in [0.1, 0.15) is 5.75 Å². The van der Waals surface area contributed by atoms with Crippen molar-refractivity contribution in [2.75, 3.05) is 20.0 Å². The van der Waals surface area contributed by atoms with Gasteiger partial charge in [0.15, 0.2) is 0 Å². The van der Waals surface area contributed by atoms with E-state index in [-0.39, 0.29) is 5.91 Å². The molecular weight excluding hydrogens is 372 g/mol. The zero-order valence-corrected chi connectivity index (χ0v) is 17.4. The predicted molar refractivity (Wildman–Crippen MR) is 114 cm³/mol. The second-order valence-electron chi connectivity index (χ2n) is 6.57. The normalized spacial score (nSPS) is 11.8. The van der Waals surface area contributed by atoms with Crippen molar-refractivity contribution in [3.63, 3.8) is 0 Å². The van der Waals surface area contributed by atoms with Crippen LogP contribution in [0.15, 0.2) is 30.5 Å². The summed E-state index contributed by atoms with van der Waals surface area (Å²) in [5.74, 6) is 8.96. The predicted octanol–water partition coefficient (Wildman–Crippen LogP) is 3.22. The van der Waals surface area contributed by atoms with Gasteiger partial charge >= 0.3 is 0 Å². The number of hydrogen-bond donors (Lipinski definition) is 1. The molecule has 1 unspecified atom stereocenters. The fraction of sp³-hybridized carbons (Fsp3) is 0.364. The van der Waals surface area contributed by atoms with E-state index in [1.54, 1.807) is 19.4 Å². The minimum absolute atomic E-state index is 0.242. The smallest absolute Gasteiger partial charge is 0.272 e. The summed E-state index contributed by atoms with van der Waals surface area (Å²) in [6.45, 7) is 4.27. The molecule has 1 amide bonds. The van der Waals surface area contributed by atoms with Gasteiger partial charge in [-0.2, -0.15) is 0 Å². The Labute approximate surface area is 170 Å². The van der Waals surface area contributed by atoms with Crippen molar-refractivity contribution in [1.82, 2.24) is 10.3 Å². The summed E-state index contributed by atoms with van der Waals surface area (Å²) in [4.78, 5) is 17.0. The quantitative estimate of drug-likeness (QED) is 0.442. The Bertz CT molecular complexity index is 938. The zero-order valence-electron chi connectivity index (χ0n) is 16.5. The summed E-state index contributed by atoms with van der Waals surface area (Å²) in [5, 5.41) is 3.78. The molecule has 0 fully saturated rings. The molecule has 0 saturated carbocycles. The number of rotatable bonds is 7. The van der Waals surface area contributed by atoms with E-state index in [0.29, 0.717) is 24.3 Å². The highest BCUT2D eigenvalue weighted by molar-refractivity contribution is 7.99. The molecule has 1 N–H and O–H groups in total. The van der Waals surface area contributed by atoms with Crippen LogP contribution < -0.4 is 10.1 Å². The van der Waals surface area contributed by atoms with E-state index in [4.69, 9.17) is 15.9 Å². The minimum atomic E-state index is -0.707. The van der Waals surface area contributed by atoms with Crippen molar-refractivity contribution in [3.05, 3.63) is 36.0 Å². The lowest BCUT2D eigenvalue weighted by Crippen LogP contribution is -2.47. The van der Waals surface area contributed by atoms with E-state index in [1.807, 2.05) is 38.3 Å². The second-order valence-corrected chi connectivity index (χ2v) is 7.47. The largest absolute Gasteiger partial charge is 0.470 e. The van der Waals surface area contributed by atoms with Gasteiger partial charge in [-0.15, -0.1) is 18.2 Å².